The Labute approximate surface area is 213 Å². The summed E-state index contributed by atoms with van der Waals surface area (Å²) in [5.41, 5.74) is 3.34. The molecular weight excluding hydrogens is 452 g/mol. The minimum atomic E-state index is -0.0401. The zero-order chi connectivity index (χ0) is 25.3. The number of nitrogens with one attached hydrogen (secondary N) is 3. The largest absolute Gasteiger partial charge is 0.497 e. The summed E-state index contributed by atoms with van der Waals surface area (Å²) in [5.74, 6) is 0.864. The maximum Gasteiger partial charge on any atom is 0.234 e. The lowest BCUT2D eigenvalue weighted by Crippen LogP contribution is -2.47. The van der Waals surface area contributed by atoms with Crippen LogP contribution in [-0.2, 0) is 9.59 Å². The molecule has 1 aromatic heterocycles. The number of rotatable bonds is 11. The summed E-state index contributed by atoms with van der Waals surface area (Å²) in [7, 11) is 1.66. The van der Waals surface area contributed by atoms with Crippen LogP contribution in [0.25, 0.3) is 10.9 Å². The number of para-hydroxylation sites is 1. The zero-order valence-electron chi connectivity index (χ0n) is 21.4. The highest BCUT2D eigenvalue weighted by atomic mass is 16.5. The van der Waals surface area contributed by atoms with Gasteiger partial charge in [0.25, 0.3) is 0 Å². The number of ether oxygens (including phenoxy) is 1. The minimum Gasteiger partial charge on any atom is -0.497 e. The maximum atomic E-state index is 13.0. The quantitative estimate of drug-likeness (QED) is 0.354. The van der Waals surface area contributed by atoms with Crippen molar-refractivity contribution in [1.82, 2.24) is 20.5 Å². The SMILES string of the molecule is CCCCNC(=O)C1CCCN(CC(=O)NCC(c2ccc(OC)cc2)c2c[nH]c3ccccc23)C1. The Hall–Kier alpha value is -3.32. The summed E-state index contributed by atoms with van der Waals surface area (Å²) >= 11 is 0. The van der Waals surface area contributed by atoms with Gasteiger partial charge in [0.1, 0.15) is 5.75 Å². The summed E-state index contributed by atoms with van der Waals surface area (Å²) in [4.78, 5) is 31.0. The maximum absolute atomic E-state index is 13.0. The highest BCUT2D eigenvalue weighted by Crippen LogP contribution is 2.31. The van der Waals surface area contributed by atoms with E-state index in [2.05, 4.69) is 51.7 Å². The third-order valence-corrected chi connectivity index (χ3v) is 7.09. The molecule has 2 heterocycles. The summed E-state index contributed by atoms with van der Waals surface area (Å²) in [6.07, 6.45) is 5.92. The Bertz CT molecular complexity index is 1140. The Kier molecular flexibility index (Phi) is 9.01. The highest BCUT2D eigenvalue weighted by Gasteiger charge is 2.27. The smallest absolute Gasteiger partial charge is 0.234 e. The molecule has 0 bridgehead atoms. The van der Waals surface area contributed by atoms with E-state index >= 15 is 0 Å². The Morgan fingerprint density at radius 3 is 2.72 bits per heavy atom. The number of unbranched alkanes of at least 4 members (excludes halogenated alkanes) is 1. The molecule has 0 saturated carbocycles. The minimum absolute atomic E-state index is 0.00514. The van der Waals surface area contributed by atoms with Crippen molar-refractivity contribution in [1.29, 1.82) is 0 Å². The first-order valence-corrected chi connectivity index (χ1v) is 13.1. The van der Waals surface area contributed by atoms with E-state index in [-0.39, 0.29) is 23.7 Å². The van der Waals surface area contributed by atoms with Crippen molar-refractivity contribution in [2.24, 2.45) is 5.92 Å². The lowest BCUT2D eigenvalue weighted by atomic mass is 9.90. The van der Waals surface area contributed by atoms with Crippen LogP contribution in [0.4, 0.5) is 0 Å². The van der Waals surface area contributed by atoms with E-state index in [0.29, 0.717) is 19.6 Å². The van der Waals surface area contributed by atoms with Crippen LogP contribution in [0.2, 0.25) is 0 Å². The van der Waals surface area contributed by atoms with Crippen LogP contribution in [0.1, 0.15) is 49.7 Å². The van der Waals surface area contributed by atoms with Gasteiger partial charge in [-0.25, -0.2) is 0 Å². The van der Waals surface area contributed by atoms with Gasteiger partial charge in [0.2, 0.25) is 11.8 Å². The van der Waals surface area contributed by atoms with Gasteiger partial charge in [-0.1, -0.05) is 43.7 Å². The number of carbonyl (C=O) groups excluding carboxylic acids is 2. The number of amides is 2. The third kappa shape index (κ3) is 6.46. The summed E-state index contributed by atoms with van der Waals surface area (Å²) in [6, 6.07) is 16.3. The average Bonchev–Trinajstić information content (AvgIpc) is 3.33. The van der Waals surface area contributed by atoms with Gasteiger partial charge < -0.3 is 20.4 Å². The predicted octanol–water partition coefficient (Wildman–Crippen LogP) is 4.05. The summed E-state index contributed by atoms with van der Waals surface area (Å²) in [6.45, 7) is 5.12. The average molecular weight is 491 g/mol. The lowest BCUT2D eigenvalue weighted by Gasteiger charge is -2.31. The molecule has 2 atom stereocenters. The molecule has 2 aromatic carbocycles. The molecule has 0 radical (unpaired) electrons. The molecule has 192 valence electrons. The number of benzene rings is 2. The van der Waals surface area contributed by atoms with E-state index in [1.54, 1.807) is 7.11 Å². The Morgan fingerprint density at radius 2 is 1.94 bits per heavy atom. The molecule has 1 aliphatic heterocycles. The number of aromatic nitrogens is 1. The zero-order valence-corrected chi connectivity index (χ0v) is 21.4. The van der Waals surface area contributed by atoms with Crippen molar-refractivity contribution in [3.8, 4) is 5.75 Å². The van der Waals surface area contributed by atoms with E-state index in [1.165, 1.54) is 0 Å². The fourth-order valence-corrected chi connectivity index (χ4v) is 5.05. The van der Waals surface area contributed by atoms with Crippen LogP contribution in [0.5, 0.6) is 5.75 Å². The van der Waals surface area contributed by atoms with Crippen molar-refractivity contribution < 1.29 is 14.3 Å². The molecule has 0 aliphatic carbocycles. The normalized spacial score (nSPS) is 17.0. The number of methoxy groups -OCH3 is 1. The Morgan fingerprint density at radius 1 is 1.14 bits per heavy atom. The molecule has 1 aliphatic rings. The predicted molar refractivity (Wildman–Crippen MR) is 143 cm³/mol. The standard InChI is InChI=1S/C29H38N4O3/c1-3-4-15-30-29(35)22-8-7-16-33(19-22)20-28(34)32-17-25(21-11-13-23(36-2)14-12-21)26-18-31-27-10-6-5-9-24(26)27/h5-6,9-14,18,22,25,31H,3-4,7-8,15-17,19-20H2,1-2H3,(H,30,35)(H,32,34). The molecule has 7 nitrogen and oxygen atoms in total. The van der Waals surface area contributed by atoms with Crippen LogP contribution < -0.4 is 15.4 Å². The number of H-pyrrole nitrogens is 1. The molecule has 1 fully saturated rings. The molecule has 2 amide bonds. The lowest BCUT2D eigenvalue weighted by molar-refractivity contribution is -0.128. The van der Waals surface area contributed by atoms with Gasteiger partial charge in [0, 0.05) is 42.7 Å². The Balaban J connectivity index is 1.40. The number of fused-ring (bicyclic) bond motifs is 1. The van der Waals surface area contributed by atoms with Crippen molar-refractivity contribution in [2.75, 3.05) is 39.8 Å². The van der Waals surface area contributed by atoms with Crippen LogP contribution in [-0.4, -0.2) is 61.5 Å². The fraction of sp³-hybridized carbons (Fsp3) is 0.448. The number of hydrogen-bond donors (Lipinski definition) is 3. The first-order valence-electron chi connectivity index (χ1n) is 13.1. The topological polar surface area (TPSA) is 86.5 Å². The number of nitrogens with zero attached hydrogens (tertiary/aromatic N) is 1. The van der Waals surface area contributed by atoms with Crippen LogP contribution in [0.3, 0.4) is 0 Å². The second kappa shape index (κ2) is 12.6. The molecule has 4 rings (SSSR count). The molecule has 0 spiro atoms. The molecule has 3 N–H and O–H groups in total. The fourth-order valence-electron chi connectivity index (χ4n) is 5.05. The number of likely N-dealkylation sites (tertiary alicyclic amines) is 1. The molecule has 2 unspecified atom stereocenters. The molecule has 7 heteroatoms. The molecule has 36 heavy (non-hydrogen) atoms. The van der Waals surface area contributed by atoms with Gasteiger partial charge in [-0.15, -0.1) is 0 Å². The van der Waals surface area contributed by atoms with E-state index in [4.69, 9.17) is 4.74 Å². The van der Waals surface area contributed by atoms with Crippen LogP contribution in [0, 0.1) is 5.92 Å². The van der Waals surface area contributed by atoms with Gasteiger partial charge >= 0.3 is 0 Å². The monoisotopic (exact) mass is 490 g/mol. The van der Waals surface area contributed by atoms with Crippen molar-refractivity contribution >= 4 is 22.7 Å². The van der Waals surface area contributed by atoms with Crippen molar-refractivity contribution in [2.45, 2.75) is 38.5 Å². The number of hydrogen-bond acceptors (Lipinski definition) is 4. The second-order valence-corrected chi connectivity index (χ2v) is 9.64. The van der Waals surface area contributed by atoms with E-state index in [1.807, 2.05) is 30.5 Å². The molecule has 3 aromatic rings. The summed E-state index contributed by atoms with van der Waals surface area (Å²) in [5, 5.41) is 7.37. The van der Waals surface area contributed by atoms with Gasteiger partial charge in [-0.2, -0.15) is 0 Å². The first kappa shape index (κ1) is 25.8. The van der Waals surface area contributed by atoms with Crippen LogP contribution >= 0.6 is 0 Å². The number of piperidine rings is 1. The van der Waals surface area contributed by atoms with Crippen molar-refractivity contribution in [3.05, 3.63) is 65.9 Å². The summed E-state index contributed by atoms with van der Waals surface area (Å²) < 4.78 is 5.34. The van der Waals surface area contributed by atoms with E-state index in [9.17, 15) is 9.59 Å². The first-order chi connectivity index (χ1) is 17.6. The molecular formula is C29H38N4O3. The van der Waals surface area contributed by atoms with Crippen LogP contribution in [0.15, 0.2) is 54.7 Å². The number of carbonyl (C=O) groups is 2. The van der Waals surface area contributed by atoms with E-state index < -0.39 is 0 Å². The highest BCUT2D eigenvalue weighted by molar-refractivity contribution is 5.84. The van der Waals surface area contributed by atoms with Gasteiger partial charge in [-0.3, -0.25) is 14.5 Å². The second-order valence-electron chi connectivity index (χ2n) is 9.64. The van der Waals surface area contributed by atoms with Gasteiger partial charge in [-0.05, 0) is 55.1 Å². The molecule has 1 saturated heterocycles. The third-order valence-electron chi connectivity index (χ3n) is 7.09. The van der Waals surface area contributed by atoms with E-state index in [0.717, 1.165) is 66.6 Å². The van der Waals surface area contributed by atoms with Gasteiger partial charge in [0.05, 0.1) is 19.6 Å². The van der Waals surface area contributed by atoms with Gasteiger partial charge in [0.15, 0.2) is 0 Å². The van der Waals surface area contributed by atoms with Crippen molar-refractivity contribution in [3.63, 3.8) is 0 Å². The number of aromatic amines is 1.